The van der Waals surface area contributed by atoms with Gasteiger partial charge in [0.25, 0.3) is 0 Å². The Bertz CT molecular complexity index is 208. The molecular formula is C13H32O2Si2. The van der Waals surface area contributed by atoms with E-state index in [2.05, 4.69) is 47.3 Å². The summed E-state index contributed by atoms with van der Waals surface area (Å²) < 4.78 is 12.2. The van der Waals surface area contributed by atoms with Gasteiger partial charge in [0.15, 0.2) is 16.6 Å². The minimum Gasteiger partial charge on any atom is -0.454 e. The Labute approximate surface area is 110 Å². The highest BCUT2D eigenvalue weighted by atomic mass is 28.4. The third kappa shape index (κ3) is 8.13. The van der Waals surface area contributed by atoms with E-state index in [4.69, 9.17) is 8.85 Å². The molecule has 0 amide bonds. The highest BCUT2D eigenvalue weighted by Crippen LogP contribution is 2.27. The predicted octanol–water partition coefficient (Wildman–Crippen LogP) is 4.43. The van der Waals surface area contributed by atoms with Crippen LogP contribution in [-0.4, -0.2) is 29.5 Å². The van der Waals surface area contributed by atoms with Gasteiger partial charge in [-0.15, -0.1) is 0 Å². The number of ether oxygens (including phenoxy) is 1. The average molecular weight is 277 g/mol. The van der Waals surface area contributed by atoms with Crippen LogP contribution in [0.4, 0.5) is 0 Å². The van der Waals surface area contributed by atoms with Crippen LogP contribution in [0.2, 0.25) is 31.7 Å². The van der Waals surface area contributed by atoms with E-state index >= 15 is 0 Å². The molecule has 0 aromatic rings. The molecule has 0 aliphatic rings. The molecule has 0 radical (unpaired) electrons. The predicted molar refractivity (Wildman–Crippen MR) is 81.4 cm³/mol. The Morgan fingerprint density at radius 1 is 1.06 bits per heavy atom. The maximum Gasteiger partial charge on any atom is 0.199 e. The van der Waals surface area contributed by atoms with Crippen molar-refractivity contribution in [2.24, 2.45) is 5.92 Å². The first kappa shape index (κ1) is 17.4. The molecule has 1 unspecified atom stereocenters. The van der Waals surface area contributed by atoms with Crippen molar-refractivity contribution in [1.29, 1.82) is 0 Å². The maximum absolute atomic E-state index is 6.63. The smallest absolute Gasteiger partial charge is 0.199 e. The van der Waals surface area contributed by atoms with Crippen LogP contribution in [0, 0.1) is 5.92 Å². The Morgan fingerprint density at radius 2 is 1.65 bits per heavy atom. The SMILES string of the molecule is CCC[Si](C)(CC(C)C)O[Si](C)(C)COCC. The van der Waals surface area contributed by atoms with E-state index < -0.39 is 16.6 Å². The first-order valence-electron chi connectivity index (χ1n) is 7.02. The molecule has 0 saturated heterocycles. The van der Waals surface area contributed by atoms with Crippen LogP contribution < -0.4 is 0 Å². The summed E-state index contributed by atoms with van der Waals surface area (Å²) in [5, 5.41) is 0. The average Bonchev–Trinajstić information content (AvgIpc) is 2.12. The second kappa shape index (κ2) is 7.72. The summed E-state index contributed by atoms with van der Waals surface area (Å²) in [6.45, 7) is 16.7. The third-order valence-corrected chi connectivity index (χ3v) is 11.1. The van der Waals surface area contributed by atoms with E-state index in [0.29, 0.717) is 0 Å². The zero-order chi connectivity index (χ0) is 13.5. The molecule has 2 nitrogen and oxygen atoms in total. The summed E-state index contributed by atoms with van der Waals surface area (Å²) in [4.78, 5) is 0. The Hall–Kier alpha value is 0.354. The van der Waals surface area contributed by atoms with Crippen molar-refractivity contribution in [2.45, 2.75) is 65.8 Å². The van der Waals surface area contributed by atoms with Crippen molar-refractivity contribution in [3.8, 4) is 0 Å². The lowest BCUT2D eigenvalue weighted by Crippen LogP contribution is -2.49. The first-order chi connectivity index (χ1) is 7.74. The molecule has 0 aromatic carbocycles. The van der Waals surface area contributed by atoms with Gasteiger partial charge in [-0.25, -0.2) is 0 Å². The van der Waals surface area contributed by atoms with Gasteiger partial charge in [0, 0.05) is 6.61 Å². The fourth-order valence-electron chi connectivity index (χ4n) is 2.63. The van der Waals surface area contributed by atoms with Gasteiger partial charge in [-0.05, 0) is 44.6 Å². The van der Waals surface area contributed by atoms with Gasteiger partial charge in [-0.1, -0.05) is 27.2 Å². The summed E-state index contributed by atoms with van der Waals surface area (Å²) in [7, 11) is -3.14. The molecule has 0 N–H and O–H groups in total. The molecule has 104 valence electrons. The van der Waals surface area contributed by atoms with Gasteiger partial charge in [0.2, 0.25) is 0 Å². The van der Waals surface area contributed by atoms with E-state index in [-0.39, 0.29) is 0 Å². The lowest BCUT2D eigenvalue weighted by atomic mass is 10.3. The molecule has 4 heteroatoms. The molecule has 17 heavy (non-hydrogen) atoms. The molecule has 1 atom stereocenters. The summed E-state index contributed by atoms with van der Waals surface area (Å²) in [6.07, 6.45) is 2.09. The number of hydrogen-bond donors (Lipinski definition) is 0. The van der Waals surface area contributed by atoms with Crippen LogP contribution in [-0.2, 0) is 8.85 Å². The molecule has 0 saturated carbocycles. The zero-order valence-corrected chi connectivity index (χ0v) is 14.9. The maximum atomic E-state index is 6.63. The Kier molecular flexibility index (Phi) is 7.88. The van der Waals surface area contributed by atoms with Crippen molar-refractivity contribution in [2.75, 3.05) is 12.8 Å². The molecule has 0 aromatic heterocycles. The lowest BCUT2D eigenvalue weighted by molar-refractivity contribution is 0.179. The van der Waals surface area contributed by atoms with Crippen LogP contribution in [0.3, 0.4) is 0 Å². The molecule has 0 aliphatic heterocycles. The van der Waals surface area contributed by atoms with Crippen molar-refractivity contribution < 1.29 is 8.85 Å². The van der Waals surface area contributed by atoms with Crippen molar-refractivity contribution >= 4 is 16.6 Å². The fourth-order valence-corrected chi connectivity index (χ4v) is 12.6. The topological polar surface area (TPSA) is 18.5 Å². The summed E-state index contributed by atoms with van der Waals surface area (Å²) >= 11 is 0. The highest BCUT2D eigenvalue weighted by Gasteiger charge is 2.36. The van der Waals surface area contributed by atoms with Crippen molar-refractivity contribution in [3.05, 3.63) is 0 Å². The molecule has 0 rings (SSSR count). The van der Waals surface area contributed by atoms with Crippen molar-refractivity contribution in [3.63, 3.8) is 0 Å². The minimum atomic E-state index is -1.62. The molecular weight excluding hydrogens is 244 g/mol. The molecule has 0 bridgehead atoms. The highest BCUT2D eigenvalue weighted by molar-refractivity contribution is 6.85. The first-order valence-corrected chi connectivity index (χ1v) is 13.0. The summed E-state index contributed by atoms with van der Waals surface area (Å²) in [5.74, 6) is 0.745. The van der Waals surface area contributed by atoms with E-state index in [0.717, 1.165) is 18.8 Å². The largest absolute Gasteiger partial charge is 0.454 e. The second-order valence-corrected chi connectivity index (χ2v) is 14.7. The molecule has 0 spiro atoms. The van der Waals surface area contributed by atoms with Crippen LogP contribution in [0.15, 0.2) is 0 Å². The van der Waals surface area contributed by atoms with E-state index in [1.165, 1.54) is 18.5 Å². The van der Waals surface area contributed by atoms with Gasteiger partial charge in [0.1, 0.15) is 0 Å². The fraction of sp³-hybridized carbons (Fsp3) is 1.00. The van der Waals surface area contributed by atoms with Gasteiger partial charge < -0.3 is 8.85 Å². The minimum absolute atomic E-state index is 0.745. The van der Waals surface area contributed by atoms with Gasteiger partial charge in [0.05, 0.1) is 6.23 Å². The summed E-state index contributed by atoms with van der Waals surface area (Å²) in [5.41, 5.74) is 0. The Balaban J connectivity index is 4.50. The normalized spacial score (nSPS) is 16.2. The van der Waals surface area contributed by atoms with Gasteiger partial charge in [-0.3, -0.25) is 0 Å². The van der Waals surface area contributed by atoms with E-state index in [9.17, 15) is 0 Å². The van der Waals surface area contributed by atoms with E-state index in [1.54, 1.807) is 0 Å². The standard InChI is InChI=1S/C13H32O2Si2/c1-8-10-17(7,11-13(3)4)15-16(5,6)12-14-9-2/h13H,8-12H2,1-7H3. The second-order valence-electron chi connectivity index (χ2n) is 6.30. The zero-order valence-electron chi connectivity index (χ0n) is 12.9. The molecule has 0 heterocycles. The van der Waals surface area contributed by atoms with Gasteiger partial charge >= 0.3 is 0 Å². The Morgan fingerprint density at radius 3 is 2.06 bits per heavy atom. The van der Waals surface area contributed by atoms with Crippen LogP contribution >= 0.6 is 0 Å². The summed E-state index contributed by atoms with van der Waals surface area (Å²) in [6, 6.07) is 2.57. The van der Waals surface area contributed by atoms with Crippen LogP contribution in [0.1, 0.15) is 34.1 Å². The molecule has 0 fully saturated rings. The van der Waals surface area contributed by atoms with Gasteiger partial charge in [-0.2, -0.15) is 0 Å². The molecule has 0 aliphatic carbocycles. The monoisotopic (exact) mass is 276 g/mol. The number of hydrogen-bond acceptors (Lipinski definition) is 2. The van der Waals surface area contributed by atoms with E-state index in [1.807, 2.05) is 0 Å². The van der Waals surface area contributed by atoms with Crippen LogP contribution in [0.5, 0.6) is 0 Å². The quantitative estimate of drug-likeness (QED) is 0.580. The number of rotatable bonds is 9. The third-order valence-electron chi connectivity index (χ3n) is 2.80. The van der Waals surface area contributed by atoms with Crippen molar-refractivity contribution in [1.82, 2.24) is 0 Å². The lowest BCUT2D eigenvalue weighted by Gasteiger charge is -2.37. The van der Waals surface area contributed by atoms with Crippen LogP contribution in [0.25, 0.3) is 0 Å².